The van der Waals surface area contributed by atoms with Crippen LogP contribution in [-0.4, -0.2) is 49.0 Å². The van der Waals surface area contributed by atoms with Gasteiger partial charge in [0, 0.05) is 19.2 Å². The number of para-hydroxylation sites is 1. The zero-order chi connectivity index (χ0) is 20.1. The van der Waals surface area contributed by atoms with Crippen molar-refractivity contribution in [3.8, 4) is 0 Å². The lowest BCUT2D eigenvalue weighted by Gasteiger charge is -2.30. The SMILES string of the molecule is CCOC(=O)C1CCN(C(=O)COC(=O)c2cc(=O)c3ccccc3o2)CC1. The van der Waals surface area contributed by atoms with Crippen LogP contribution in [0.5, 0.6) is 0 Å². The van der Waals surface area contributed by atoms with E-state index < -0.39 is 12.6 Å². The average Bonchev–Trinajstić information content (AvgIpc) is 2.72. The predicted octanol–water partition coefficient (Wildman–Crippen LogP) is 1.75. The van der Waals surface area contributed by atoms with Crippen molar-refractivity contribution in [2.45, 2.75) is 19.8 Å². The Hall–Kier alpha value is -3.16. The molecule has 0 spiro atoms. The Labute approximate surface area is 161 Å². The molecule has 3 rings (SSSR count). The molecule has 0 aliphatic carbocycles. The number of nitrogens with zero attached hydrogens (tertiary/aromatic N) is 1. The number of esters is 2. The minimum Gasteiger partial charge on any atom is -0.466 e. The fourth-order valence-corrected chi connectivity index (χ4v) is 3.12. The van der Waals surface area contributed by atoms with Gasteiger partial charge in [0.05, 0.1) is 17.9 Å². The molecule has 1 fully saturated rings. The molecule has 1 aliphatic rings. The first-order valence-electron chi connectivity index (χ1n) is 9.14. The molecule has 0 unspecified atom stereocenters. The molecule has 0 saturated carbocycles. The third kappa shape index (κ3) is 4.39. The zero-order valence-electron chi connectivity index (χ0n) is 15.5. The molecule has 1 amide bonds. The second-order valence-corrected chi connectivity index (χ2v) is 6.45. The summed E-state index contributed by atoms with van der Waals surface area (Å²) in [5, 5.41) is 0.361. The molecule has 8 heteroatoms. The number of likely N-dealkylation sites (tertiary alicyclic amines) is 1. The van der Waals surface area contributed by atoms with Crippen molar-refractivity contribution in [1.29, 1.82) is 0 Å². The molecular formula is C20H21NO7. The number of hydrogen-bond acceptors (Lipinski definition) is 7. The van der Waals surface area contributed by atoms with Gasteiger partial charge in [-0.3, -0.25) is 14.4 Å². The van der Waals surface area contributed by atoms with Crippen molar-refractivity contribution in [2.75, 3.05) is 26.3 Å². The quantitative estimate of drug-likeness (QED) is 0.720. The maximum absolute atomic E-state index is 12.3. The van der Waals surface area contributed by atoms with E-state index in [-0.39, 0.29) is 34.6 Å². The van der Waals surface area contributed by atoms with E-state index in [4.69, 9.17) is 13.9 Å². The number of rotatable bonds is 5. The maximum atomic E-state index is 12.3. The van der Waals surface area contributed by atoms with Crippen molar-refractivity contribution in [3.63, 3.8) is 0 Å². The van der Waals surface area contributed by atoms with Gasteiger partial charge in [-0.1, -0.05) is 12.1 Å². The van der Waals surface area contributed by atoms with Gasteiger partial charge in [-0.05, 0) is 31.9 Å². The highest BCUT2D eigenvalue weighted by Crippen LogP contribution is 2.19. The van der Waals surface area contributed by atoms with Crippen molar-refractivity contribution in [1.82, 2.24) is 4.90 Å². The zero-order valence-corrected chi connectivity index (χ0v) is 15.5. The number of carbonyl (C=O) groups excluding carboxylic acids is 3. The van der Waals surface area contributed by atoms with Gasteiger partial charge >= 0.3 is 11.9 Å². The molecule has 1 aliphatic heterocycles. The van der Waals surface area contributed by atoms with E-state index in [1.165, 1.54) is 0 Å². The highest BCUT2D eigenvalue weighted by molar-refractivity contribution is 5.90. The Morgan fingerprint density at radius 2 is 1.86 bits per heavy atom. The predicted molar refractivity (Wildman–Crippen MR) is 98.7 cm³/mol. The average molecular weight is 387 g/mol. The standard InChI is InChI=1S/C20H21NO7/c1-2-26-19(24)13-7-9-21(10-8-13)18(23)12-27-20(25)17-11-15(22)14-5-3-4-6-16(14)28-17/h3-6,11,13H,2,7-10,12H2,1H3. The summed E-state index contributed by atoms with van der Waals surface area (Å²) in [6.07, 6.45) is 1.02. The van der Waals surface area contributed by atoms with Crippen molar-refractivity contribution in [2.24, 2.45) is 5.92 Å². The summed E-state index contributed by atoms with van der Waals surface area (Å²) in [6.45, 7) is 2.41. The summed E-state index contributed by atoms with van der Waals surface area (Å²) >= 11 is 0. The Balaban J connectivity index is 1.54. The second kappa shape index (κ2) is 8.69. The number of benzene rings is 1. The van der Waals surface area contributed by atoms with Gasteiger partial charge in [-0.2, -0.15) is 0 Å². The second-order valence-electron chi connectivity index (χ2n) is 6.45. The summed E-state index contributed by atoms with van der Waals surface area (Å²) in [5.74, 6) is -1.94. The molecule has 1 aromatic carbocycles. The van der Waals surface area contributed by atoms with Crippen molar-refractivity contribution >= 4 is 28.8 Å². The molecule has 0 radical (unpaired) electrons. The molecule has 8 nitrogen and oxygen atoms in total. The lowest BCUT2D eigenvalue weighted by molar-refractivity contribution is -0.151. The first kappa shape index (κ1) is 19.6. The van der Waals surface area contributed by atoms with Crippen LogP contribution in [0, 0.1) is 5.92 Å². The van der Waals surface area contributed by atoms with Crippen LogP contribution in [0.25, 0.3) is 11.0 Å². The minimum absolute atomic E-state index is 0.210. The number of amides is 1. The Morgan fingerprint density at radius 3 is 2.57 bits per heavy atom. The van der Waals surface area contributed by atoms with Crippen LogP contribution in [0.2, 0.25) is 0 Å². The summed E-state index contributed by atoms with van der Waals surface area (Å²) < 4.78 is 15.4. The molecule has 148 valence electrons. The van der Waals surface area contributed by atoms with Gasteiger partial charge in [0.15, 0.2) is 12.0 Å². The highest BCUT2D eigenvalue weighted by Gasteiger charge is 2.28. The molecule has 28 heavy (non-hydrogen) atoms. The van der Waals surface area contributed by atoms with E-state index >= 15 is 0 Å². The Kier molecular flexibility index (Phi) is 6.08. The molecule has 2 heterocycles. The lowest BCUT2D eigenvalue weighted by atomic mass is 9.97. The first-order chi connectivity index (χ1) is 13.5. The van der Waals surface area contributed by atoms with Gasteiger partial charge in [0.1, 0.15) is 5.58 Å². The summed E-state index contributed by atoms with van der Waals surface area (Å²) in [7, 11) is 0. The molecule has 1 aromatic heterocycles. The summed E-state index contributed by atoms with van der Waals surface area (Å²) in [6, 6.07) is 7.61. The number of fused-ring (bicyclic) bond motifs is 1. The van der Waals surface area contributed by atoms with Gasteiger partial charge in [-0.25, -0.2) is 4.79 Å². The van der Waals surface area contributed by atoms with E-state index in [0.717, 1.165) is 6.07 Å². The van der Waals surface area contributed by atoms with E-state index in [9.17, 15) is 19.2 Å². The van der Waals surface area contributed by atoms with Crippen LogP contribution in [-0.2, 0) is 19.1 Å². The van der Waals surface area contributed by atoms with E-state index in [0.29, 0.717) is 37.9 Å². The number of hydrogen-bond donors (Lipinski definition) is 0. The van der Waals surface area contributed by atoms with Crippen LogP contribution in [0.1, 0.15) is 30.3 Å². The molecule has 2 aromatic rings. The number of piperidine rings is 1. The monoisotopic (exact) mass is 387 g/mol. The van der Waals surface area contributed by atoms with Crippen LogP contribution < -0.4 is 5.43 Å². The third-order valence-electron chi connectivity index (χ3n) is 4.63. The molecule has 0 N–H and O–H groups in total. The normalized spacial score (nSPS) is 14.7. The number of carbonyl (C=O) groups is 3. The fourth-order valence-electron chi connectivity index (χ4n) is 3.12. The highest BCUT2D eigenvalue weighted by atomic mass is 16.5. The van der Waals surface area contributed by atoms with Gasteiger partial charge in [-0.15, -0.1) is 0 Å². The molecule has 1 saturated heterocycles. The van der Waals surface area contributed by atoms with Crippen LogP contribution in [0.3, 0.4) is 0 Å². The fraction of sp³-hybridized carbons (Fsp3) is 0.400. The molecular weight excluding hydrogens is 366 g/mol. The van der Waals surface area contributed by atoms with Crippen molar-refractivity contribution in [3.05, 3.63) is 46.3 Å². The van der Waals surface area contributed by atoms with Crippen LogP contribution in [0.15, 0.2) is 39.5 Å². The van der Waals surface area contributed by atoms with E-state index in [1.54, 1.807) is 36.1 Å². The van der Waals surface area contributed by atoms with Gasteiger partial charge < -0.3 is 18.8 Å². The van der Waals surface area contributed by atoms with Gasteiger partial charge in [0.25, 0.3) is 5.91 Å². The Morgan fingerprint density at radius 1 is 1.14 bits per heavy atom. The minimum atomic E-state index is -0.877. The first-order valence-corrected chi connectivity index (χ1v) is 9.14. The number of ether oxygens (including phenoxy) is 2. The van der Waals surface area contributed by atoms with Crippen molar-refractivity contribution < 1.29 is 28.3 Å². The third-order valence-corrected chi connectivity index (χ3v) is 4.63. The van der Waals surface area contributed by atoms with Crippen LogP contribution >= 0.6 is 0 Å². The molecule has 0 atom stereocenters. The van der Waals surface area contributed by atoms with Gasteiger partial charge in [0.2, 0.25) is 5.76 Å². The van der Waals surface area contributed by atoms with Crippen LogP contribution in [0.4, 0.5) is 0 Å². The largest absolute Gasteiger partial charge is 0.466 e. The summed E-state index contributed by atoms with van der Waals surface area (Å²) in [5.41, 5.74) is -0.0875. The topological polar surface area (TPSA) is 103 Å². The Bertz CT molecular complexity index is 941. The maximum Gasteiger partial charge on any atom is 0.374 e. The van der Waals surface area contributed by atoms with E-state index in [2.05, 4.69) is 0 Å². The summed E-state index contributed by atoms with van der Waals surface area (Å²) in [4.78, 5) is 49.7. The lowest BCUT2D eigenvalue weighted by Crippen LogP contribution is -2.42. The smallest absolute Gasteiger partial charge is 0.374 e. The molecule has 0 bridgehead atoms. The van der Waals surface area contributed by atoms with E-state index in [1.807, 2.05) is 0 Å².